The summed E-state index contributed by atoms with van der Waals surface area (Å²) in [5.41, 5.74) is 0.610. The zero-order valence-electron chi connectivity index (χ0n) is 11.2. The van der Waals surface area contributed by atoms with Gasteiger partial charge in [0.05, 0.1) is 6.33 Å². The Kier molecular flexibility index (Phi) is 5.64. The van der Waals surface area contributed by atoms with Gasteiger partial charge in [-0.25, -0.2) is 9.78 Å². The molecule has 0 aliphatic rings. The first-order chi connectivity index (χ1) is 8.47. The Morgan fingerprint density at radius 3 is 2.83 bits per heavy atom. The maximum atomic E-state index is 11.3. The summed E-state index contributed by atoms with van der Waals surface area (Å²) in [5, 5.41) is 5.96. The van der Waals surface area contributed by atoms with Gasteiger partial charge in [-0.15, -0.1) is 0 Å². The maximum Gasteiger partial charge on any atom is 0.407 e. The van der Waals surface area contributed by atoms with Gasteiger partial charge in [-0.1, -0.05) is 0 Å². The van der Waals surface area contributed by atoms with Crippen molar-refractivity contribution in [3.63, 3.8) is 0 Å². The molecule has 0 aliphatic carbocycles. The third kappa shape index (κ3) is 6.90. The van der Waals surface area contributed by atoms with Crippen LogP contribution in [0.15, 0.2) is 12.5 Å². The van der Waals surface area contributed by atoms with Crippen molar-refractivity contribution in [1.29, 1.82) is 0 Å². The molecule has 1 amide bonds. The van der Waals surface area contributed by atoms with Gasteiger partial charge in [0.25, 0.3) is 0 Å². The highest BCUT2D eigenvalue weighted by molar-refractivity contribution is 5.67. The van der Waals surface area contributed by atoms with Gasteiger partial charge < -0.3 is 20.4 Å². The number of hydrogen-bond donors (Lipinski definition) is 3. The number of aromatic nitrogens is 2. The Labute approximate surface area is 108 Å². The summed E-state index contributed by atoms with van der Waals surface area (Å²) in [6.07, 6.45) is 3.93. The number of H-pyrrole nitrogens is 1. The molecule has 6 nitrogen and oxygen atoms in total. The van der Waals surface area contributed by atoms with E-state index >= 15 is 0 Å². The molecule has 1 aromatic heterocycles. The second-order valence-electron chi connectivity index (χ2n) is 5.04. The van der Waals surface area contributed by atoms with Crippen LogP contribution in [0, 0.1) is 0 Å². The van der Waals surface area contributed by atoms with Gasteiger partial charge in [-0.3, -0.25) is 0 Å². The van der Waals surface area contributed by atoms with Crippen LogP contribution in [0.1, 0.15) is 32.9 Å². The molecular weight excluding hydrogens is 232 g/mol. The van der Waals surface area contributed by atoms with Crippen molar-refractivity contribution in [3.05, 3.63) is 18.2 Å². The van der Waals surface area contributed by atoms with Crippen molar-refractivity contribution in [3.8, 4) is 0 Å². The summed E-state index contributed by atoms with van der Waals surface area (Å²) in [7, 11) is 0. The Morgan fingerprint density at radius 2 is 2.22 bits per heavy atom. The van der Waals surface area contributed by atoms with Crippen molar-refractivity contribution in [1.82, 2.24) is 20.6 Å². The second-order valence-corrected chi connectivity index (χ2v) is 5.04. The van der Waals surface area contributed by atoms with Gasteiger partial charge in [0.2, 0.25) is 0 Å². The van der Waals surface area contributed by atoms with Crippen LogP contribution in [0.4, 0.5) is 4.79 Å². The number of hydrogen-bond acceptors (Lipinski definition) is 4. The molecule has 0 saturated carbocycles. The standard InChI is InChI=1S/C12H22N4O2/c1-12(2,3)18-11(17)15-6-4-5-13-7-10-8-14-9-16-10/h8-9,13H,4-7H2,1-3H3,(H,14,16)(H,15,17). The van der Waals surface area contributed by atoms with E-state index < -0.39 is 5.60 Å². The first kappa shape index (κ1) is 14.5. The SMILES string of the molecule is CC(C)(C)OC(=O)NCCCNCc1cnc[nH]1. The number of carbonyl (C=O) groups is 1. The number of rotatable bonds is 6. The van der Waals surface area contributed by atoms with Crippen LogP contribution >= 0.6 is 0 Å². The average molecular weight is 254 g/mol. The molecule has 1 aromatic rings. The van der Waals surface area contributed by atoms with Crippen molar-refractivity contribution in [2.24, 2.45) is 0 Å². The molecule has 0 fully saturated rings. The fourth-order valence-electron chi connectivity index (χ4n) is 1.32. The summed E-state index contributed by atoms with van der Waals surface area (Å²) in [6.45, 7) is 7.72. The van der Waals surface area contributed by atoms with E-state index in [2.05, 4.69) is 20.6 Å². The highest BCUT2D eigenvalue weighted by atomic mass is 16.6. The summed E-state index contributed by atoms with van der Waals surface area (Å²) in [5.74, 6) is 0. The van der Waals surface area contributed by atoms with Crippen molar-refractivity contribution in [2.45, 2.75) is 39.3 Å². The van der Waals surface area contributed by atoms with E-state index in [-0.39, 0.29) is 6.09 Å². The Balaban J connectivity index is 1.97. The minimum atomic E-state index is -0.442. The minimum Gasteiger partial charge on any atom is -0.444 e. The van der Waals surface area contributed by atoms with Crippen LogP contribution in [0.3, 0.4) is 0 Å². The molecule has 0 saturated heterocycles. The molecule has 0 bridgehead atoms. The number of ether oxygens (including phenoxy) is 1. The number of carbonyl (C=O) groups excluding carboxylic acids is 1. The molecule has 3 N–H and O–H groups in total. The van der Waals surface area contributed by atoms with Crippen molar-refractivity contribution >= 4 is 6.09 Å². The smallest absolute Gasteiger partial charge is 0.407 e. The van der Waals surface area contributed by atoms with Crippen molar-refractivity contribution < 1.29 is 9.53 Å². The third-order valence-corrected chi connectivity index (χ3v) is 2.07. The monoisotopic (exact) mass is 254 g/mol. The van der Waals surface area contributed by atoms with Crippen LogP contribution in [-0.4, -0.2) is 34.8 Å². The zero-order valence-corrected chi connectivity index (χ0v) is 11.2. The van der Waals surface area contributed by atoms with Gasteiger partial charge in [-0.2, -0.15) is 0 Å². The molecule has 0 unspecified atom stereocenters. The Hall–Kier alpha value is -1.56. The highest BCUT2D eigenvalue weighted by Crippen LogP contribution is 2.06. The lowest BCUT2D eigenvalue weighted by molar-refractivity contribution is 0.0527. The molecule has 6 heteroatoms. The molecule has 0 atom stereocenters. The van der Waals surface area contributed by atoms with E-state index in [9.17, 15) is 4.79 Å². The predicted octanol–water partition coefficient (Wildman–Crippen LogP) is 1.41. The molecule has 1 rings (SSSR count). The number of alkyl carbamates (subject to hydrolysis) is 1. The van der Waals surface area contributed by atoms with Crippen LogP contribution in [0.5, 0.6) is 0 Å². The first-order valence-electron chi connectivity index (χ1n) is 6.12. The fourth-order valence-corrected chi connectivity index (χ4v) is 1.32. The highest BCUT2D eigenvalue weighted by Gasteiger charge is 2.15. The summed E-state index contributed by atoms with van der Waals surface area (Å²) >= 11 is 0. The van der Waals surface area contributed by atoms with Crippen molar-refractivity contribution in [2.75, 3.05) is 13.1 Å². The number of nitrogens with one attached hydrogen (secondary N) is 3. The van der Waals surface area contributed by atoms with E-state index in [4.69, 9.17) is 4.74 Å². The molecule has 0 spiro atoms. The first-order valence-corrected chi connectivity index (χ1v) is 6.12. The normalized spacial score (nSPS) is 11.3. The molecule has 0 radical (unpaired) electrons. The second kappa shape index (κ2) is 7.00. The third-order valence-electron chi connectivity index (χ3n) is 2.07. The molecule has 1 heterocycles. The van der Waals surface area contributed by atoms with Gasteiger partial charge in [0, 0.05) is 25.0 Å². The lowest BCUT2D eigenvalue weighted by Crippen LogP contribution is -2.33. The van der Waals surface area contributed by atoms with Gasteiger partial charge in [0.15, 0.2) is 0 Å². The Morgan fingerprint density at radius 1 is 1.44 bits per heavy atom. The predicted molar refractivity (Wildman–Crippen MR) is 69.1 cm³/mol. The van der Waals surface area contributed by atoms with Crippen LogP contribution < -0.4 is 10.6 Å². The number of aromatic amines is 1. The quantitative estimate of drug-likeness (QED) is 0.671. The lowest BCUT2D eigenvalue weighted by Gasteiger charge is -2.19. The summed E-state index contributed by atoms with van der Waals surface area (Å²) in [4.78, 5) is 18.2. The van der Waals surface area contributed by atoms with Crippen LogP contribution in [0.25, 0.3) is 0 Å². The molecule has 0 aliphatic heterocycles. The van der Waals surface area contributed by atoms with Gasteiger partial charge in [-0.05, 0) is 33.7 Å². The van der Waals surface area contributed by atoms with Gasteiger partial charge in [0.1, 0.15) is 5.60 Å². The van der Waals surface area contributed by atoms with E-state index in [1.54, 1.807) is 12.5 Å². The van der Waals surface area contributed by atoms with Crippen LogP contribution in [-0.2, 0) is 11.3 Å². The topological polar surface area (TPSA) is 79.0 Å². The maximum absolute atomic E-state index is 11.3. The zero-order chi connectivity index (χ0) is 13.4. The molecule has 102 valence electrons. The Bertz CT molecular complexity index is 343. The van der Waals surface area contributed by atoms with E-state index in [0.29, 0.717) is 6.54 Å². The number of imidazole rings is 1. The molecular formula is C12H22N4O2. The van der Waals surface area contributed by atoms with Crippen LogP contribution in [0.2, 0.25) is 0 Å². The number of nitrogens with zero attached hydrogens (tertiary/aromatic N) is 1. The fraction of sp³-hybridized carbons (Fsp3) is 0.667. The van der Waals surface area contributed by atoms with E-state index in [1.807, 2.05) is 20.8 Å². The largest absolute Gasteiger partial charge is 0.444 e. The molecule has 0 aromatic carbocycles. The van der Waals surface area contributed by atoms with E-state index in [0.717, 1.165) is 25.2 Å². The molecule has 18 heavy (non-hydrogen) atoms. The summed E-state index contributed by atoms with van der Waals surface area (Å²) in [6, 6.07) is 0. The van der Waals surface area contributed by atoms with E-state index in [1.165, 1.54) is 0 Å². The average Bonchev–Trinajstić information content (AvgIpc) is 2.73. The lowest BCUT2D eigenvalue weighted by atomic mass is 10.2. The number of amides is 1. The van der Waals surface area contributed by atoms with Gasteiger partial charge >= 0.3 is 6.09 Å². The minimum absolute atomic E-state index is 0.365. The summed E-state index contributed by atoms with van der Waals surface area (Å²) < 4.78 is 5.12.